The van der Waals surface area contributed by atoms with E-state index in [2.05, 4.69) is 5.32 Å². The van der Waals surface area contributed by atoms with Crippen LogP contribution in [0.15, 0.2) is 42.5 Å². The molecule has 1 atom stereocenters. The summed E-state index contributed by atoms with van der Waals surface area (Å²) in [6, 6.07) is 8.45. The molecule has 3 aliphatic rings. The highest BCUT2D eigenvalue weighted by Crippen LogP contribution is 2.41. The van der Waals surface area contributed by atoms with Gasteiger partial charge in [0.05, 0.1) is 23.8 Å². The lowest BCUT2D eigenvalue weighted by atomic mass is 9.87. The van der Waals surface area contributed by atoms with Gasteiger partial charge in [-0.1, -0.05) is 12.1 Å². The number of nitrogens with zero attached hydrogens (tertiary/aromatic N) is 2. The van der Waals surface area contributed by atoms with Gasteiger partial charge in [0.25, 0.3) is 11.8 Å². The second-order valence-corrected chi connectivity index (χ2v) is 10.6. The molecule has 200 valence electrons. The van der Waals surface area contributed by atoms with Gasteiger partial charge in [-0.25, -0.2) is 8.78 Å². The fourth-order valence-electron chi connectivity index (χ4n) is 4.95. The third kappa shape index (κ3) is 5.05. The Labute approximate surface area is 219 Å². The van der Waals surface area contributed by atoms with E-state index in [-0.39, 0.29) is 17.4 Å². The van der Waals surface area contributed by atoms with Crippen molar-refractivity contribution >= 4 is 34.9 Å². The van der Waals surface area contributed by atoms with Crippen LogP contribution in [0.4, 0.5) is 20.2 Å². The van der Waals surface area contributed by atoms with Crippen LogP contribution in [0.25, 0.3) is 0 Å². The third-order valence-electron chi connectivity index (χ3n) is 7.35. The summed E-state index contributed by atoms with van der Waals surface area (Å²) in [6.07, 6.45) is 3.34. The summed E-state index contributed by atoms with van der Waals surface area (Å²) in [5.74, 6) is -4.46. The average Bonchev–Trinajstić information content (AvgIpc) is 3.79. The highest BCUT2D eigenvalue weighted by atomic mass is 19.1. The zero-order valence-electron chi connectivity index (χ0n) is 21.1. The standard InChI is InChI=1S/C28H30F2N4O4/c1-16(32-24(35)12-19-10-20(29)13-21(30)11-19)25(36)28(31)26(37)33(14-17-6-7-17)22-4-2-3-5-23(22)34(27(28)38)15-18-8-9-18/h2-5,10-11,13,16-18H,6-9,12,14-15,31H2,1H3,(H,32,35)/t16-/m0/s1. The maximum Gasteiger partial charge on any atom is 0.264 e. The van der Waals surface area contributed by atoms with E-state index in [4.69, 9.17) is 5.73 Å². The lowest BCUT2D eigenvalue weighted by Crippen LogP contribution is -2.71. The number of fused-ring (bicyclic) bond motifs is 1. The Balaban J connectivity index is 1.44. The highest BCUT2D eigenvalue weighted by Gasteiger charge is 2.57. The number of hydrogen-bond donors (Lipinski definition) is 2. The Morgan fingerprint density at radius 2 is 1.42 bits per heavy atom. The molecule has 5 rings (SSSR count). The van der Waals surface area contributed by atoms with E-state index in [0.717, 1.165) is 37.8 Å². The molecule has 1 heterocycles. The Morgan fingerprint density at radius 3 is 1.87 bits per heavy atom. The van der Waals surface area contributed by atoms with Crippen molar-refractivity contribution in [3.63, 3.8) is 0 Å². The first-order valence-electron chi connectivity index (χ1n) is 12.9. The number of rotatable bonds is 9. The van der Waals surface area contributed by atoms with E-state index in [1.54, 1.807) is 24.3 Å². The number of nitrogens with two attached hydrogens (primary N) is 1. The molecule has 0 saturated heterocycles. The summed E-state index contributed by atoms with van der Waals surface area (Å²) < 4.78 is 27.1. The Bertz CT molecular complexity index is 1230. The number of carbonyl (C=O) groups is 4. The molecule has 10 heteroatoms. The van der Waals surface area contributed by atoms with Crippen LogP contribution in [-0.4, -0.2) is 48.2 Å². The number of para-hydroxylation sites is 2. The predicted molar refractivity (Wildman–Crippen MR) is 136 cm³/mol. The SMILES string of the molecule is C[C@H](NC(=O)Cc1cc(F)cc(F)c1)C(=O)C1(N)C(=O)N(CC2CC2)c2ccccc2N(CC2CC2)C1=O. The maximum atomic E-state index is 14.0. The summed E-state index contributed by atoms with van der Waals surface area (Å²) >= 11 is 0. The van der Waals surface area contributed by atoms with Crippen LogP contribution < -0.4 is 20.9 Å². The van der Waals surface area contributed by atoms with Gasteiger partial charge in [-0.2, -0.15) is 0 Å². The Kier molecular flexibility index (Phi) is 6.77. The minimum Gasteiger partial charge on any atom is -0.346 e. The zero-order chi connectivity index (χ0) is 27.2. The Morgan fingerprint density at radius 1 is 0.947 bits per heavy atom. The van der Waals surface area contributed by atoms with Crippen molar-refractivity contribution in [1.82, 2.24) is 5.32 Å². The van der Waals surface area contributed by atoms with Crippen molar-refractivity contribution in [2.75, 3.05) is 22.9 Å². The number of hydrogen-bond acceptors (Lipinski definition) is 5. The number of amides is 3. The summed E-state index contributed by atoms with van der Waals surface area (Å²) in [4.78, 5) is 57.3. The topological polar surface area (TPSA) is 113 Å². The fourth-order valence-corrected chi connectivity index (χ4v) is 4.95. The molecular weight excluding hydrogens is 494 g/mol. The molecule has 0 unspecified atom stereocenters. The molecule has 2 aliphatic carbocycles. The van der Waals surface area contributed by atoms with E-state index in [1.807, 2.05) is 0 Å². The van der Waals surface area contributed by atoms with Crippen molar-refractivity contribution in [3.8, 4) is 0 Å². The van der Waals surface area contributed by atoms with Gasteiger partial charge >= 0.3 is 0 Å². The first-order chi connectivity index (χ1) is 18.1. The van der Waals surface area contributed by atoms with E-state index in [9.17, 15) is 28.0 Å². The maximum absolute atomic E-state index is 14.0. The minimum atomic E-state index is -2.56. The number of Topliss-reactive ketones (excluding diaryl/α,β-unsaturated/α-hetero) is 1. The van der Waals surface area contributed by atoms with Crippen LogP contribution in [0.5, 0.6) is 0 Å². The van der Waals surface area contributed by atoms with Gasteiger partial charge in [0.15, 0.2) is 5.78 Å². The van der Waals surface area contributed by atoms with Crippen molar-refractivity contribution in [2.45, 2.75) is 50.6 Å². The number of benzene rings is 2. The molecular formula is C28H30F2N4O4. The van der Waals surface area contributed by atoms with Crippen molar-refractivity contribution < 1.29 is 28.0 Å². The van der Waals surface area contributed by atoms with Crippen LogP contribution in [0.2, 0.25) is 0 Å². The molecule has 3 amide bonds. The van der Waals surface area contributed by atoms with Gasteiger partial charge in [0, 0.05) is 19.2 Å². The van der Waals surface area contributed by atoms with E-state index >= 15 is 0 Å². The summed E-state index contributed by atoms with van der Waals surface area (Å²) in [5, 5.41) is 2.45. The molecule has 2 aromatic rings. The predicted octanol–water partition coefficient (Wildman–Crippen LogP) is 2.48. The normalized spacial score (nSPS) is 19.6. The molecule has 2 aromatic carbocycles. The van der Waals surface area contributed by atoms with E-state index < -0.39 is 53.1 Å². The molecule has 38 heavy (non-hydrogen) atoms. The van der Waals surface area contributed by atoms with Crippen molar-refractivity contribution in [2.24, 2.45) is 17.6 Å². The summed E-state index contributed by atoms with van der Waals surface area (Å²) in [7, 11) is 0. The van der Waals surface area contributed by atoms with Gasteiger partial charge in [0.1, 0.15) is 11.6 Å². The first kappa shape index (κ1) is 26.0. The van der Waals surface area contributed by atoms with Crippen LogP contribution in [0, 0.1) is 23.5 Å². The number of carbonyl (C=O) groups excluding carboxylic acids is 4. The van der Waals surface area contributed by atoms with Gasteiger partial charge in [-0.3, -0.25) is 19.2 Å². The second kappa shape index (κ2) is 9.90. The molecule has 3 N–H and O–H groups in total. The lowest BCUT2D eigenvalue weighted by Gasteiger charge is -2.32. The van der Waals surface area contributed by atoms with Crippen LogP contribution >= 0.6 is 0 Å². The van der Waals surface area contributed by atoms with E-state index in [1.165, 1.54) is 16.7 Å². The number of ketones is 1. The molecule has 2 saturated carbocycles. The minimum absolute atomic E-state index is 0.0744. The van der Waals surface area contributed by atoms with Crippen LogP contribution in [0.1, 0.15) is 38.2 Å². The van der Waals surface area contributed by atoms with Crippen molar-refractivity contribution in [3.05, 3.63) is 59.7 Å². The number of anilines is 2. The third-order valence-corrected chi connectivity index (χ3v) is 7.35. The van der Waals surface area contributed by atoms with Gasteiger partial charge in [-0.15, -0.1) is 0 Å². The van der Waals surface area contributed by atoms with Gasteiger partial charge < -0.3 is 20.9 Å². The number of halogens is 2. The molecule has 0 radical (unpaired) electrons. The fraction of sp³-hybridized carbons (Fsp3) is 0.429. The summed E-state index contributed by atoms with van der Waals surface area (Å²) in [5.41, 5.74) is 5.11. The van der Waals surface area contributed by atoms with Crippen molar-refractivity contribution in [1.29, 1.82) is 0 Å². The quantitative estimate of drug-likeness (QED) is 0.490. The monoisotopic (exact) mass is 524 g/mol. The average molecular weight is 525 g/mol. The van der Waals surface area contributed by atoms with Crippen LogP contribution in [0.3, 0.4) is 0 Å². The first-order valence-corrected chi connectivity index (χ1v) is 12.9. The Hall–Kier alpha value is -3.66. The van der Waals surface area contributed by atoms with Crippen LogP contribution in [-0.2, 0) is 25.6 Å². The number of nitrogens with one attached hydrogen (secondary N) is 1. The molecule has 0 aromatic heterocycles. The smallest absolute Gasteiger partial charge is 0.264 e. The van der Waals surface area contributed by atoms with Gasteiger partial charge in [0.2, 0.25) is 11.4 Å². The second-order valence-electron chi connectivity index (χ2n) is 10.6. The largest absolute Gasteiger partial charge is 0.346 e. The lowest BCUT2D eigenvalue weighted by molar-refractivity contribution is -0.143. The van der Waals surface area contributed by atoms with E-state index in [0.29, 0.717) is 30.5 Å². The summed E-state index contributed by atoms with van der Waals surface area (Å²) in [6.45, 7) is 2.01. The molecule has 1 aliphatic heterocycles. The molecule has 2 fully saturated rings. The molecule has 0 bridgehead atoms. The van der Waals surface area contributed by atoms with Gasteiger partial charge in [-0.05, 0) is 74.3 Å². The zero-order valence-corrected chi connectivity index (χ0v) is 21.1. The molecule has 0 spiro atoms. The highest BCUT2D eigenvalue weighted by molar-refractivity contribution is 6.37. The molecule has 8 nitrogen and oxygen atoms in total.